The summed E-state index contributed by atoms with van der Waals surface area (Å²) in [7, 11) is 0. The van der Waals surface area contributed by atoms with Gasteiger partial charge in [-0.25, -0.2) is 4.79 Å². The van der Waals surface area contributed by atoms with Gasteiger partial charge in [-0.05, 0) is 12.1 Å². The molecule has 0 saturated carbocycles. The van der Waals surface area contributed by atoms with Gasteiger partial charge in [-0.3, -0.25) is 0 Å². The Balaban J connectivity index is 2.22. The lowest BCUT2D eigenvalue weighted by atomic mass is 10.2. The number of anilines is 1. The first-order valence-electron chi connectivity index (χ1n) is 5.61. The van der Waals surface area contributed by atoms with Crippen LogP contribution in [0.2, 0.25) is 0 Å². The maximum atomic E-state index is 11.8. The van der Waals surface area contributed by atoms with E-state index in [1.807, 2.05) is 18.2 Å². The first-order chi connectivity index (χ1) is 8.89. The van der Waals surface area contributed by atoms with Crippen LogP contribution in [-0.2, 0) is 14.3 Å². The number of aliphatic hydroxyl groups excluding tert-OH is 1. The largest absolute Gasteiger partial charge is 0.480 e. The average molecular weight is 279 g/mol. The van der Waals surface area contributed by atoms with Crippen molar-refractivity contribution in [3.05, 3.63) is 41.9 Å². The Morgan fingerprint density at radius 2 is 1.89 bits per heavy atom. The van der Waals surface area contributed by atoms with Crippen molar-refractivity contribution in [3.63, 3.8) is 0 Å². The summed E-state index contributed by atoms with van der Waals surface area (Å²) >= 11 is 5.08. The Bertz CT molecular complexity index is 551. The maximum Gasteiger partial charge on any atom is 0.351 e. The van der Waals surface area contributed by atoms with Gasteiger partial charge in [-0.15, -0.1) is 0 Å². The van der Waals surface area contributed by atoms with E-state index >= 15 is 0 Å². The van der Waals surface area contributed by atoms with E-state index in [1.165, 1.54) is 13.8 Å². The molecular formula is C13H13NO4S. The van der Waals surface area contributed by atoms with Gasteiger partial charge in [0.1, 0.15) is 4.99 Å². The van der Waals surface area contributed by atoms with Crippen LogP contribution in [0.25, 0.3) is 0 Å². The van der Waals surface area contributed by atoms with E-state index in [0.29, 0.717) is 5.69 Å². The average Bonchev–Trinajstić information content (AvgIpc) is 2.27. The number of carbonyl (C=O) groups excluding carboxylic acids is 1. The second-order valence-electron chi connectivity index (χ2n) is 4.39. The summed E-state index contributed by atoms with van der Waals surface area (Å²) < 4.78 is 10.1. The highest BCUT2D eigenvalue weighted by Crippen LogP contribution is 2.26. The van der Waals surface area contributed by atoms with Crippen LogP contribution >= 0.6 is 12.2 Å². The lowest BCUT2D eigenvalue weighted by Crippen LogP contribution is -2.39. The monoisotopic (exact) mass is 279 g/mol. The van der Waals surface area contributed by atoms with Crippen LogP contribution < -0.4 is 5.32 Å². The standard InChI is InChI=1S/C13H13NO4S/c1-13(2)17-11(15)9(12(16)18-13)10(19)14-8-6-4-3-5-7-8/h3-7,15H,1-2H3,(H,14,19). The molecule has 0 radical (unpaired) electrons. The van der Waals surface area contributed by atoms with Gasteiger partial charge in [0.15, 0.2) is 5.57 Å². The lowest BCUT2D eigenvalue weighted by molar-refractivity contribution is -0.220. The number of thiocarbonyl (C=S) groups is 1. The summed E-state index contributed by atoms with van der Waals surface area (Å²) in [6.07, 6.45) is 0. The van der Waals surface area contributed by atoms with Crippen molar-refractivity contribution in [2.45, 2.75) is 19.6 Å². The molecule has 5 nitrogen and oxygen atoms in total. The van der Waals surface area contributed by atoms with Crippen LogP contribution in [-0.4, -0.2) is 21.9 Å². The van der Waals surface area contributed by atoms with Crippen LogP contribution in [0.1, 0.15) is 13.8 Å². The van der Waals surface area contributed by atoms with Crippen LogP contribution in [0.4, 0.5) is 5.69 Å². The molecule has 1 aromatic carbocycles. The number of aliphatic hydroxyl groups is 1. The summed E-state index contributed by atoms with van der Waals surface area (Å²) in [5.74, 6) is -2.45. The Kier molecular flexibility index (Phi) is 3.44. The summed E-state index contributed by atoms with van der Waals surface area (Å²) in [6.45, 7) is 3.04. The molecule has 0 unspecified atom stereocenters. The third-order valence-corrected chi connectivity index (χ3v) is 2.66. The number of para-hydroxylation sites is 1. The Hall–Kier alpha value is -2.08. The van der Waals surface area contributed by atoms with E-state index in [9.17, 15) is 9.90 Å². The third-order valence-electron chi connectivity index (χ3n) is 2.36. The van der Waals surface area contributed by atoms with Crippen molar-refractivity contribution >= 4 is 28.9 Å². The highest BCUT2D eigenvalue weighted by Gasteiger charge is 2.38. The van der Waals surface area contributed by atoms with Crippen molar-refractivity contribution in [2.75, 3.05) is 5.32 Å². The lowest BCUT2D eigenvalue weighted by Gasteiger charge is -2.30. The van der Waals surface area contributed by atoms with Crippen molar-refractivity contribution in [1.29, 1.82) is 0 Å². The second kappa shape index (κ2) is 4.89. The number of hydrogen-bond acceptors (Lipinski definition) is 5. The van der Waals surface area contributed by atoms with Crippen molar-refractivity contribution in [2.24, 2.45) is 0 Å². The minimum absolute atomic E-state index is 0.0456. The fourth-order valence-corrected chi connectivity index (χ4v) is 1.86. The molecule has 100 valence electrons. The van der Waals surface area contributed by atoms with Crippen molar-refractivity contribution < 1.29 is 19.4 Å². The van der Waals surface area contributed by atoms with E-state index < -0.39 is 17.7 Å². The molecular weight excluding hydrogens is 266 g/mol. The van der Waals surface area contributed by atoms with Crippen LogP contribution in [0.5, 0.6) is 0 Å². The van der Waals surface area contributed by atoms with Gasteiger partial charge in [0.05, 0.1) is 0 Å². The fraction of sp³-hybridized carbons (Fsp3) is 0.231. The first-order valence-corrected chi connectivity index (χ1v) is 6.02. The van der Waals surface area contributed by atoms with Crippen LogP contribution in [0.3, 0.4) is 0 Å². The van der Waals surface area contributed by atoms with Gasteiger partial charge in [-0.1, -0.05) is 30.4 Å². The third kappa shape index (κ3) is 3.03. The van der Waals surface area contributed by atoms with Gasteiger partial charge >= 0.3 is 5.97 Å². The number of hydrogen-bond donors (Lipinski definition) is 2. The zero-order valence-corrected chi connectivity index (χ0v) is 11.3. The van der Waals surface area contributed by atoms with Crippen LogP contribution in [0, 0.1) is 0 Å². The molecule has 0 amide bonds. The smallest absolute Gasteiger partial charge is 0.351 e. The Labute approximate surface area is 115 Å². The van der Waals surface area contributed by atoms with E-state index in [4.69, 9.17) is 21.7 Å². The van der Waals surface area contributed by atoms with E-state index in [1.54, 1.807) is 12.1 Å². The summed E-state index contributed by atoms with van der Waals surface area (Å²) in [4.78, 5) is 11.8. The molecule has 1 aliphatic heterocycles. The molecule has 19 heavy (non-hydrogen) atoms. The number of nitrogens with one attached hydrogen (secondary N) is 1. The summed E-state index contributed by atoms with van der Waals surface area (Å²) in [5, 5.41) is 12.6. The minimum atomic E-state index is -1.20. The van der Waals surface area contributed by atoms with Gasteiger partial charge in [0.25, 0.3) is 11.7 Å². The van der Waals surface area contributed by atoms with E-state index in [2.05, 4.69) is 5.32 Å². The van der Waals surface area contributed by atoms with Gasteiger partial charge in [-0.2, -0.15) is 0 Å². The molecule has 6 heteroatoms. The molecule has 1 heterocycles. The molecule has 0 aliphatic carbocycles. The SMILES string of the molecule is CC1(C)OC(=O)C(C(=S)Nc2ccccc2)=C(O)O1. The Morgan fingerprint density at radius 1 is 1.26 bits per heavy atom. The van der Waals surface area contributed by atoms with Crippen molar-refractivity contribution in [3.8, 4) is 0 Å². The highest BCUT2D eigenvalue weighted by molar-refractivity contribution is 7.81. The molecule has 0 bridgehead atoms. The number of cyclic esters (lactones) is 1. The zero-order chi connectivity index (χ0) is 14.0. The quantitative estimate of drug-likeness (QED) is 0.640. The molecule has 0 fully saturated rings. The number of ether oxygens (including phenoxy) is 2. The normalized spacial score (nSPS) is 17.5. The number of carbonyl (C=O) groups is 1. The molecule has 2 rings (SSSR count). The van der Waals surface area contributed by atoms with Crippen molar-refractivity contribution in [1.82, 2.24) is 0 Å². The van der Waals surface area contributed by atoms with E-state index in [-0.39, 0.29) is 10.6 Å². The Morgan fingerprint density at radius 3 is 2.47 bits per heavy atom. The molecule has 1 aromatic rings. The molecule has 0 spiro atoms. The van der Waals surface area contributed by atoms with E-state index in [0.717, 1.165) is 0 Å². The summed E-state index contributed by atoms with van der Waals surface area (Å²) in [6, 6.07) is 9.05. The molecule has 0 atom stereocenters. The van der Waals surface area contributed by atoms with Crippen LogP contribution in [0.15, 0.2) is 41.9 Å². The van der Waals surface area contributed by atoms with Gasteiger partial charge in [0, 0.05) is 19.5 Å². The maximum absolute atomic E-state index is 11.8. The molecule has 1 aliphatic rings. The molecule has 2 N–H and O–H groups in total. The minimum Gasteiger partial charge on any atom is -0.480 e. The number of esters is 1. The molecule has 0 saturated heterocycles. The second-order valence-corrected chi connectivity index (χ2v) is 4.80. The fourth-order valence-electron chi connectivity index (χ4n) is 1.57. The predicted molar refractivity (Wildman–Crippen MR) is 73.6 cm³/mol. The topological polar surface area (TPSA) is 67.8 Å². The van der Waals surface area contributed by atoms with Gasteiger partial charge < -0.3 is 19.9 Å². The highest BCUT2D eigenvalue weighted by atomic mass is 32.1. The first kappa shape index (κ1) is 13.4. The molecule has 0 aromatic heterocycles. The number of rotatable bonds is 2. The summed E-state index contributed by atoms with van der Waals surface area (Å²) in [5.41, 5.74) is 0.517. The predicted octanol–water partition coefficient (Wildman–Crippen LogP) is 2.50. The van der Waals surface area contributed by atoms with Gasteiger partial charge in [0.2, 0.25) is 0 Å². The zero-order valence-electron chi connectivity index (χ0n) is 10.5. The number of benzene rings is 1.